The summed E-state index contributed by atoms with van der Waals surface area (Å²) in [5.74, 6) is 0.612. The van der Waals surface area contributed by atoms with E-state index in [-0.39, 0.29) is 12.0 Å². The molecule has 1 N–H and O–H groups in total. The molecular formula is C12H17BrN2O2S. The lowest BCUT2D eigenvalue weighted by Crippen LogP contribution is -2.36. The lowest BCUT2D eigenvalue weighted by Gasteiger charge is -2.14. The molecule has 0 bridgehead atoms. The van der Waals surface area contributed by atoms with Gasteiger partial charge in [0.05, 0.1) is 6.61 Å². The van der Waals surface area contributed by atoms with Gasteiger partial charge in [-0.25, -0.2) is 4.98 Å². The fourth-order valence-corrected chi connectivity index (χ4v) is 2.86. The zero-order chi connectivity index (χ0) is 13.4. The molecule has 1 rings (SSSR count). The number of carbonyl (C=O) groups excluding carboxylic acids is 1. The lowest BCUT2D eigenvalue weighted by atomic mass is 10.2. The van der Waals surface area contributed by atoms with Crippen molar-refractivity contribution < 1.29 is 9.53 Å². The van der Waals surface area contributed by atoms with Crippen molar-refractivity contribution in [2.45, 2.75) is 24.4 Å². The van der Waals surface area contributed by atoms with Crippen molar-refractivity contribution in [1.82, 2.24) is 10.3 Å². The summed E-state index contributed by atoms with van der Waals surface area (Å²) in [4.78, 5) is 15.8. The normalized spacial score (nSPS) is 12.2. The first-order chi connectivity index (χ1) is 8.69. The average molecular weight is 333 g/mol. The number of hydrogen-bond donors (Lipinski definition) is 1. The van der Waals surface area contributed by atoms with Crippen LogP contribution in [0.25, 0.3) is 0 Å². The molecule has 0 saturated carbocycles. The van der Waals surface area contributed by atoms with Crippen LogP contribution < -0.4 is 5.32 Å². The van der Waals surface area contributed by atoms with E-state index in [1.54, 1.807) is 25.0 Å². The highest BCUT2D eigenvalue weighted by atomic mass is 79.9. The Balaban J connectivity index is 2.40. The third-order valence-corrected chi connectivity index (χ3v) is 4.23. The number of nitrogens with zero attached hydrogens (tertiary/aromatic N) is 1. The zero-order valence-electron chi connectivity index (χ0n) is 10.5. The van der Waals surface area contributed by atoms with Crippen LogP contribution in [0.15, 0.2) is 27.8 Å². The molecule has 1 aromatic heterocycles. The molecule has 0 aromatic carbocycles. The second-order valence-electron chi connectivity index (χ2n) is 3.52. The minimum Gasteiger partial charge on any atom is -0.465 e. The average Bonchev–Trinajstić information content (AvgIpc) is 2.37. The Labute approximate surface area is 120 Å². The molecule has 0 aliphatic heterocycles. The summed E-state index contributed by atoms with van der Waals surface area (Å²) in [6.45, 7) is 2.22. The SMILES string of the molecule is CCOC(=O)C(CCSc1ncccc1Br)NC. The molecular weight excluding hydrogens is 316 g/mol. The van der Waals surface area contributed by atoms with E-state index in [0.29, 0.717) is 13.0 Å². The highest BCUT2D eigenvalue weighted by Crippen LogP contribution is 2.25. The Morgan fingerprint density at radius 1 is 1.67 bits per heavy atom. The fourth-order valence-electron chi connectivity index (χ4n) is 1.37. The number of halogens is 1. The minimum atomic E-state index is -0.250. The number of carbonyl (C=O) groups is 1. The largest absolute Gasteiger partial charge is 0.465 e. The van der Waals surface area contributed by atoms with E-state index in [2.05, 4.69) is 26.2 Å². The number of hydrogen-bond acceptors (Lipinski definition) is 5. The molecule has 0 aliphatic rings. The van der Waals surface area contributed by atoms with Crippen molar-refractivity contribution in [3.63, 3.8) is 0 Å². The Hall–Kier alpha value is -0.590. The fraction of sp³-hybridized carbons (Fsp3) is 0.500. The maximum absolute atomic E-state index is 11.6. The number of ether oxygens (including phenoxy) is 1. The van der Waals surface area contributed by atoms with Gasteiger partial charge in [0.25, 0.3) is 0 Å². The Bertz CT molecular complexity index is 390. The van der Waals surface area contributed by atoms with Gasteiger partial charge in [-0.3, -0.25) is 4.79 Å². The molecule has 0 aliphatic carbocycles. The number of pyridine rings is 1. The maximum Gasteiger partial charge on any atom is 0.323 e. The summed E-state index contributed by atoms with van der Waals surface area (Å²) >= 11 is 5.06. The summed E-state index contributed by atoms with van der Waals surface area (Å²) in [7, 11) is 1.77. The van der Waals surface area contributed by atoms with E-state index in [1.165, 1.54) is 0 Å². The molecule has 6 heteroatoms. The van der Waals surface area contributed by atoms with Gasteiger partial charge in [0, 0.05) is 16.4 Å². The molecule has 0 radical (unpaired) electrons. The molecule has 1 heterocycles. The van der Waals surface area contributed by atoms with Crippen molar-refractivity contribution in [3.8, 4) is 0 Å². The predicted molar refractivity (Wildman–Crippen MR) is 76.8 cm³/mol. The number of rotatable bonds is 7. The van der Waals surface area contributed by atoms with Gasteiger partial charge in [-0.1, -0.05) is 0 Å². The van der Waals surface area contributed by atoms with Crippen LogP contribution in [0.3, 0.4) is 0 Å². The molecule has 4 nitrogen and oxygen atoms in total. The van der Waals surface area contributed by atoms with Gasteiger partial charge in [-0.15, -0.1) is 11.8 Å². The van der Waals surface area contributed by atoms with Crippen LogP contribution in [0.2, 0.25) is 0 Å². The summed E-state index contributed by atoms with van der Waals surface area (Å²) in [6, 6.07) is 3.58. The summed E-state index contributed by atoms with van der Waals surface area (Å²) in [5, 5.41) is 3.91. The number of esters is 1. The Morgan fingerprint density at radius 2 is 2.44 bits per heavy atom. The standard InChI is InChI=1S/C12H17BrN2O2S/c1-3-17-12(16)10(14-2)6-8-18-11-9(13)5-4-7-15-11/h4-5,7,10,14H,3,6,8H2,1-2H3. The first-order valence-electron chi connectivity index (χ1n) is 5.76. The third-order valence-electron chi connectivity index (χ3n) is 2.29. The summed E-state index contributed by atoms with van der Waals surface area (Å²) in [6.07, 6.45) is 2.47. The minimum absolute atomic E-state index is 0.194. The van der Waals surface area contributed by atoms with Gasteiger partial charge in [0.15, 0.2) is 0 Å². The van der Waals surface area contributed by atoms with Crippen LogP contribution in [0, 0.1) is 0 Å². The Morgan fingerprint density at radius 3 is 3.06 bits per heavy atom. The predicted octanol–water partition coefficient (Wildman–Crippen LogP) is 2.48. The summed E-state index contributed by atoms with van der Waals surface area (Å²) < 4.78 is 5.96. The van der Waals surface area contributed by atoms with E-state index in [9.17, 15) is 4.79 Å². The number of aromatic nitrogens is 1. The summed E-state index contributed by atoms with van der Waals surface area (Å²) in [5.41, 5.74) is 0. The van der Waals surface area contributed by atoms with E-state index >= 15 is 0 Å². The van der Waals surface area contributed by atoms with Crippen molar-refractivity contribution in [2.24, 2.45) is 0 Å². The van der Waals surface area contributed by atoms with Crippen molar-refractivity contribution >= 4 is 33.7 Å². The molecule has 1 atom stereocenters. The molecule has 0 spiro atoms. The molecule has 0 saturated heterocycles. The number of thioether (sulfide) groups is 1. The van der Waals surface area contributed by atoms with Gasteiger partial charge in [-0.2, -0.15) is 0 Å². The van der Waals surface area contributed by atoms with Crippen molar-refractivity contribution in [1.29, 1.82) is 0 Å². The third kappa shape index (κ3) is 4.96. The molecule has 100 valence electrons. The van der Waals surface area contributed by atoms with Crippen LogP contribution in [-0.2, 0) is 9.53 Å². The van der Waals surface area contributed by atoms with Crippen LogP contribution in [0.5, 0.6) is 0 Å². The second-order valence-corrected chi connectivity index (χ2v) is 5.46. The molecule has 0 fully saturated rings. The van der Waals surface area contributed by atoms with E-state index in [4.69, 9.17) is 4.74 Å². The van der Waals surface area contributed by atoms with Gasteiger partial charge in [0.1, 0.15) is 11.1 Å². The monoisotopic (exact) mass is 332 g/mol. The van der Waals surface area contributed by atoms with Crippen molar-refractivity contribution in [3.05, 3.63) is 22.8 Å². The quantitative estimate of drug-likeness (QED) is 0.614. The van der Waals surface area contributed by atoms with Gasteiger partial charge in [0.2, 0.25) is 0 Å². The van der Waals surface area contributed by atoms with Crippen LogP contribution in [0.4, 0.5) is 0 Å². The number of likely N-dealkylation sites (N-methyl/N-ethyl adjacent to an activating group) is 1. The highest BCUT2D eigenvalue weighted by molar-refractivity contribution is 9.10. The van der Waals surface area contributed by atoms with Crippen LogP contribution in [-0.4, -0.2) is 36.4 Å². The van der Waals surface area contributed by atoms with Crippen LogP contribution in [0.1, 0.15) is 13.3 Å². The molecule has 0 amide bonds. The number of nitrogens with one attached hydrogen (secondary N) is 1. The smallest absolute Gasteiger partial charge is 0.323 e. The van der Waals surface area contributed by atoms with Crippen molar-refractivity contribution in [2.75, 3.05) is 19.4 Å². The van der Waals surface area contributed by atoms with Crippen LogP contribution >= 0.6 is 27.7 Å². The Kier molecular flexibility index (Phi) is 7.31. The van der Waals surface area contributed by atoms with Gasteiger partial charge >= 0.3 is 5.97 Å². The molecule has 1 unspecified atom stereocenters. The van der Waals surface area contributed by atoms with E-state index < -0.39 is 0 Å². The van der Waals surface area contributed by atoms with E-state index in [1.807, 2.05) is 19.1 Å². The topological polar surface area (TPSA) is 51.2 Å². The second kappa shape index (κ2) is 8.50. The highest BCUT2D eigenvalue weighted by Gasteiger charge is 2.17. The molecule has 18 heavy (non-hydrogen) atoms. The first kappa shape index (κ1) is 15.5. The van der Waals surface area contributed by atoms with Gasteiger partial charge in [-0.05, 0) is 48.5 Å². The zero-order valence-corrected chi connectivity index (χ0v) is 12.9. The van der Waals surface area contributed by atoms with Gasteiger partial charge < -0.3 is 10.1 Å². The maximum atomic E-state index is 11.6. The van der Waals surface area contributed by atoms with E-state index in [0.717, 1.165) is 15.3 Å². The first-order valence-corrected chi connectivity index (χ1v) is 7.54. The lowest BCUT2D eigenvalue weighted by molar-refractivity contribution is -0.145. The molecule has 1 aromatic rings.